The van der Waals surface area contributed by atoms with Gasteiger partial charge in [0.15, 0.2) is 5.82 Å². The number of rotatable bonds is 10. The van der Waals surface area contributed by atoms with Crippen molar-refractivity contribution in [2.24, 2.45) is 0 Å². The number of ether oxygens (including phenoxy) is 1. The van der Waals surface area contributed by atoms with Crippen LogP contribution in [0.2, 0.25) is 0 Å². The molecule has 1 aliphatic carbocycles. The monoisotopic (exact) mass is 660 g/mol. The largest absolute Gasteiger partial charge is 0.494 e. The van der Waals surface area contributed by atoms with Gasteiger partial charge >= 0.3 is 0 Å². The quantitative estimate of drug-likeness (QED) is 0.280. The summed E-state index contributed by atoms with van der Waals surface area (Å²) in [5.41, 5.74) is 2.27. The van der Waals surface area contributed by atoms with Gasteiger partial charge in [0.2, 0.25) is 5.91 Å². The molecule has 2 N–H and O–H groups in total. The Morgan fingerprint density at radius 2 is 1.67 bits per heavy atom. The molecule has 1 aromatic heterocycles. The van der Waals surface area contributed by atoms with E-state index in [1.54, 1.807) is 13.2 Å². The number of aromatic nitrogens is 2. The lowest BCUT2D eigenvalue weighted by Gasteiger charge is -2.43. The maximum atomic E-state index is 14.7. The highest BCUT2D eigenvalue weighted by Gasteiger charge is 2.35. The molecule has 4 fully saturated rings. The molecular weight excluding hydrogens is 618 g/mol. The molecule has 1 saturated carbocycles. The predicted octanol–water partition coefficient (Wildman–Crippen LogP) is 5.26. The van der Waals surface area contributed by atoms with Gasteiger partial charge < -0.3 is 20.3 Å². The molecule has 0 bridgehead atoms. The second kappa shape index (κ2) is 14.0. The number of methoxy groups -OCH3 is 1. The second-order valence-electron chi connectivity index (χ2n) is 12.8. The Morgan fingerprint density at radius 3 is 2.35 bits per heavy atom. The molecule has 11 nitrogen and oxygen atoms in total. The number of halogens is 2. The van der Waals surface area contributed by atoms with Crippen molar-refractivity contribution in [2.45, 2.75) is 50.2 Å². The number of benzene rings is 2. The number of hydrogen-bond acceptors (Lipinski definition) is 10. The van der Waals surface area contributed by atoms with Gasteiger partial charge in [-0.15, -0.1) is 0 Å². The van der Waals surface area contributed by atoms with E-state index in [1.807, 2.05) is 12.1 Å². The number of carbonyl (C=O) groups is 1. The molecule has 1 amide bonds. The van der Waals surface area contributed by atoms with E-state index in [1.165, 1.54) is 49.5 Å². The summed E-state index contributed by atoms with van der Waals surface area (Å²) in [6.45, 7) is 10.3. The average molecular weight is 661 g/mol. The molecule has 3 aliphatic heterocycles. The standard InChI is InChI=1S/C35H42F2N8O3/c1-3-35(46)41-28-19-29(40-33-21-34(39-22-38-33)45-30(10-17-48-45)26-18-23(36)4-7-27(26)37)32(47-2)20-31(28)44-11-8-25(9-12-44)43-15-13-42(14-16-43)24-5-6-24/h3-4,7,18-22,24-25,30H,1,5-6,8-17H2,2H3,(H,41,46)(H,38,39,40). The van der Waals surface area contributed by atoms with Crippen LogP contribution < -0.4 is 25.3 Å². The Kier molecular flexibility index (Phi) is 9.42. The van der Waals surface area contributed by atoms with Gasteiger partial charge in [-0.2, -0.15) is 0 Å². The van der Waals surface area contributed by atoms with Crippen LogP contribution in [0.15, 0.2) is 55.4 Å². The van der Waals surface area contributed by atoms with Gasteiger partial charge in [0, 0.05) is 75.5 Å². The summed E-state index contributed by atoms with van der Waals surface area (Å²) in [5.74, 6) is 0.0120. The van der Waals surface area contributed by atoms with Crippen LogP contribution in [-0.4, -0.2) is 90.7 Å². The van der Waals surface area contributed by atoms with Crippen LogP contribution >= 0.6 is 0 Å². The summed E-state index contributed by atoms with van der Waals surface area (Å²) in [4.78, 5) is 34.7. The van der Waals surface area contributed by atoms with E-state index in [-0.39, 0.29) is 11.5 Å². The van der Waals surface area contributed by atoms with Crippen LogP contribution in [0.4, 0.5) is 37.5 Å². The van der Waals surface area contributed by atoms with Crippen molar-refractivity contribution in [3.63, 3.8) is 0 Å². The molecule has 254 valence electrons. The van der Waals surface area contributed by atoms with Crippen molar-refractivity contribution in [3.8, 4) is 5.75 Å². The lowest BCUT2D eigenvalue weighted by Crippen LogP contribution is -2.53. The number of carbonyl (C=O) groups excluding carboxylic acids is 1. The lowest BCUT2D eigenvalue weighted by molar-refractivity contribution is -0.111. The number of nitrogens with zero attached hydrogens (tertiary/aromatic N) is 6. The molecule has 0 spiro atoms. The highest BCUT2D eigenvalue weighted by Crippen LogP contribution is 2.41. The molecule has 2 aromatic carbocycles. The number of anilines is 5. The van der Waals surface area contributed by atoms with Gasteiger partial charge in [-0.1, -0.05) is 6.58 Å². The Labute approximate surface area is 279 Å². The molecule has 13 heteroatoms. The summed E-state index contributed by atoms with van der Waals surface area (Å²) in [7, 11) is 1.60. The van der Waals surface area contributed by atoms with Crippen molar-refractivity contribution in [2.75, 3.05) is 73.6 Å². The molecule has 4 aliphatic rings. The summed E-state index contributed by atoms with van der Waals surface area (Å²) >= 11 is 0. The van der Waals surface area contributed by atoms with Gasteiger partial charge in [0.1, 0.15) is 29.5 Å². The molecule has 48 heavy (non-hydrogen) atoms. The highest BCUT2D eigenvalue weighted by atomic mass is 19.1. The van der Waals surface area contributed by atoms with Crippen molar-refractivity contribution in [3.05, 3.63) is 72.6 Å². The number of piperidine rings is 1. The van der Waals surface area contributed by atoms with E-state index < -0.39 is 17.7 Å². The van der Waals surface area contributed by atoms with Crippen LogP contribution in [0.5, 0.6) is 5.75 Å². The number of hydrogen-bond donors (Lipinski definition) is 2. The van der Waals surface area contributed by atoms with Gasteiger partial charge in [0.05, 0.1) is 36.8 Å². The topological polar surface area (TPSA) is 98.3 Å². The SMILES string of the molecule is C=CC(=O)Nc1cc(Nc2cc(N3OCCC3c3cc(F)ccc3F)ncn2)c(OC)cc1N1CCC(N2CCN(C3CC3)CC2)CC1. The first-order valence-corrected chi connectivity index (χ1v) is 16.7. The molecular formula is C35H42F2N8O3. The van der Waals surface area contributed by atoms with Gasteiger partial charge in [-0.3, -0.25) is 19.4 Å². The van der Waals surface area contributed by atoms with Crippen LogP contribution in [0.3, 0.4) is 0 Å². The van der Waals surface area contributed by atoms with Crippen LogP contribution in [-0.2, 0) is 9.63 Å². The predicted molar refractivity (Wildman–Crippen MR) is 181 cm³/mol. The first-order valence-electron chi connectivity index (χ1n) is 16.7. The number of amides is 1. The third kappa shape index (κ3) is 6.94. The van der Waals surface area contributed by atoms with E-state index in [4.69, 9.17) is 9.57 Å². The van der Waals surface area contributed by atoms with E-state index in [0.717, 1.165) is 62.9 Å². The van der Waals surface area contributed by atoms with E-state index in [2.05, 4.69) is 41.9 Å². The van der Waals surface area contributed by atoms with E-state index >= 15 is 0 Å². The molecule has 3 saturated heterocycles. The summed E-state index contributed by atoms with van der Waals surface area (Å²) < 4.78 is 34.5. The fourth-order valence-corrected chi connectivity index (χ4v) is 7.18. The minimum absolute atomic E-state index is 0.195. The smallest absolute Gasteiger partial charge is 0.247 e. The van der Waals surface area contributed by atoms with Crippen molar-refractivity contribution in [1.82, 2.24) is 19.8 Å². The molecule has 1 atom stereocenters. The third-order valence-electron chi connectivity index (χ3n) is 9.86. The lowest BCUT2D eigenvalue weighted by atomic mass is 10.0. The minimum Gasteiger partial charge on any atom is -0.494 e. The minimum atomic E-state index is -0.561. The summed E-state index contributed by atoms with van der Waals surface area (Å²) in [5, 5.41) is 7.76. The second-order valence-corrected chi connectivity index (χ2v) is 12.8. The molecule has 7 rings (SSSR count). The Hall–Kier alpha value is -4.33. The highest BCUT2D eigenvalue weighted by molar-refractivity contribution is 6.02. The Balaban J connectivity index is 1.09. The van der Waals surface area contributed by atoms with Gasteiger partial charge in [0.25, 0.3) is 0 Å². The van der Waals surface area contributed by atoms with Crippen molar-refractivity contribution < 1.29 is 23.1 Å². The molecule has 4 heterocycles. The summed E-state index contributed by atoms with van der Waals surface area (Å²) in [6, 6.07) is 9.65. The number of hydroxylamine groups is 1. The number of nitrogens with one attached hydrogen (secondary N) is 2. The van der Waals surface area contributed by atoms with Gasteiger partial charge in [-0.25, -0.2) is 23.8 Å². The fraction of sp³-hybridized carbons (Fsp3) is 0.457. The van der Waals surface area contributed by atoms with Crippen molar-refractivity contribution in [1.29, 1.82) is 0 Å². The Morgan fingerprint density at radius 1 is 0.938 bits per heavy atom. The Bertz CT molecular complexity index is 1640. The first-order chi connectivity index (χ1) is 23.4. The normalized spacial score (nSPS) is 20.9. The van der Waals surface area contributed by atoms with Crippen LogP contribution in [0.1, 0.15) is 43.7 Å². The van der Waals surface area contributed by atoms with E-state index in [0.29, 0.717) is 47.8 Å². The van der Waals surface area contributed by atoms with Crippen LogP contribution in [0.25, 0.3) is 0 Å². The zero-order chi connectivity index (χ0) is 33.2. The average Bonchev–Trinajstić information content (AvgIpc) is 3.85. The maximum absolute atomic E-state index is 14.7. The first kappa shape index (κ1) is 32.2. The molecule has 3 aromatic rings. The fourth-order valence-electron chi connectivity index (χ4n) is 7.18. The third-order valence-corrected chi connectivity index (χ3v) is 9.86. The van der Waals surface area contributed by atoms with Crippen molar-refractivity contribution >= 4 is 34.6 Å². The maximum Gasteiger partial charge on any atom is 0.247 e. The zero-order valence-corrected chi connectivity index (χ0v) is 27.2. The van der Waals surface area contributed by atoms with Gasteiger partial charge in [-0.05, 0) is 56.0 Å². The number of piperazine rings is 1. The zero-order valence-electron chi connectivity index (χ0n) is 27.2. The molecule has 0 radical (unpaired) electrons. The van der Waals surface area contributed by atoms with E-state index in [9.17, 15) is 13.6 Å². The van der Waals surface area contributed by atoms with Crippen LogP contribution in [0, 0.1) is 11.6 Å². The summed E-state index contributed by atoms with van der Waals surface area (Å²) in [6.07, 6.45) is 7.88. The molecule has 1 unspecified atom stereocenters.